The Hall–Kier alpha value is -1.94. The van der Waals surface area contributed by atoms with Crippen molar-refractivity contribution in [2.75, 3.05) is 0 Å². The van der Waals surface area contributed by atoms with Gasteiger partial charge in [0, 0.05) is 4.90 Å². The summed E-state index contributed by atoms with van der Waals surface area (Å²) in [6, 6.07) is 9.05. The van der Waals surface area contributed by atoms with Crippen LogP contribution in [0.5, 0.6) is 0 Å². The largest absolute Gasteiger partial charge is 0.478 e. The number of carboxylic acid groups (broad SMARTS) is 1. The van der Waals surface area contributed by atoms with E-state index in [-0.39, 0.29) is 5.56 Å². The predicted molar refractivity (Wildman–Crippen MR) is 86.1 cm³/mol. The van der Waals surface area contributed by atoms with Gasteiger partial charge in [0.05, 0.1) is 21.3 Å². The van der Waals surface area contributed by atoms with Crippen molar-refractivity contribution < 1.29 is 14.1 Å². The minimum absolute atomic E-state index is 0.246. The Morgan fingerprint density at radius 1 is 1.18 bits per heavy atom. The van der Waals surface area contributed by atoms with Crippen molar-refractivity contribution in [1.82, 2.24) is 0 Å². The molecule has 1 aliphatic heterocycles. The third-order valence-electron chi connectivity index (χ3n) is 4.03. The first-order valence-electron chi connectivity index (χ1n) is 7.30. The van der Waals surface area contributed by atoms with Crippen LogP contribution in [-0.2, 0) is 17.2 Å². The van der Waals surface area contributed by atoms with E-state index in [4.69, 9.17) is 5.11 Å². The second-order valence-electron chi connectivity index (χ2n) is 6.07. The first-order chi connectivity index (χ1) is 10.4. The monoisotopic (exact) mass is 314 g/mol. The summed E-state index contributed by atoms with van der Waals surface area (Å²) in [4.78, 5) is 12.8. The summed E-state index contributed by atoms with van der Waals surface area (Å²) < 4.78 is 13.0. The molecule has 0 aromatic heterocycles. The van der Waals surface area contributed by atoms with Crippen LogP contribution >= 0.6 is 0 Å². The van der Waals surface area contributed by atoms with Gasteiger partial charge in [0.15, 0.2) is 0 Å². The molecule has 0 amide bonds. The van der Waals surface area contributed by atoms with Crippen LogP contribution in [0.4, 0.5) is 0 Å². The molecule has 1 N–H and O–H groups in total. The molecule has 0 bridgehead atoms. The molecule has 2 aromatic carbocycles. The number of benzene rings is 2. The topological polar surface area (TPSA) is 54.4 Å². The molecule has 0 aliphatic carbocycles. The van der Waals surface area contributed by atoms with Gasteiger partial charge in [-0.2, -0.15) is 0 Å². The van der Waals surface area contributed by atoms with Crippen LogP contribution in [0.15, 0.2) is 40.1 Å². The van der Waals surface area contributed by atoms with Gasteiger partial charge in [-0.15, -0.1) is 0 Å². The number of fused-ring (bicyclic) bond motifs is 2. The molecule has 3 nitrogen and oxygen atoms in total. The van der Waals surface area contributed by atoms with Gasteiger partial charge < -0.3 is 5.11 Å². The molecule has 0 saturated heterocycles. The number of carboxylic acids is 1. The first kappa shape index (κ1) is 15.0. The normalized spacial score (nSPS) is 16.3. The summed E-state index contributed by atoms with van der Waals surface area (Å²) in [6.45, 7) is 6.25. The lowest BCUT2D eigenvalue weighted by Crippen LogP contribution is -2.14. The van der Waals surface area contributed by atoms with Crippen LogP contribution in [-0.4, -0.2) is 15.3 Å². The highest BCUT2D eigenvalue weighted by Crippen LogP contribution is 2.37. The zero-order chi connectivity index (χ0) is 16.0. The zero-order valence-corrected chi connectivity index (χ0v) is 13.7. The number of hydrogen-bond acceptors (Lipinski definition) is 2. The minimum Gasteiger partial charge on any atom is -0.478 e. The maximum absolute atomic E-state index is 13.0. The summed E-state index contributed by atoms with van der Waals surface area (Å²) in [5.41, 5.74) is 4.43. The Balaban J connectivity index is 2.20. The van der Waals surface area contributed by atoms with Crippen molar-refractivity contribution >= 4 is 16.8 Å². The van der Waals surface area contributed by atoms with E-state index in [0.29, 0.717) is 12.3 Å². The van der Waals surface area contributed by atoms with E-state index in [1.54, 1.807) is 12.1 Å². The van der Waals surface area contributed by atoms with Crippen LogP contribution in [0, 0.1) is 6.92 Å². The molecule has 0 saturated carbocycles. The van der Waals surface area contributed by atoms with Crippen molar-refractivity contribution in [2.45, 2.75) is 42.9 Å². The smallest absolute Gasteiger partial charge is 0.335 e. The number of carbonyl (C=O) groups is 1. The van der Waals surface area contributed by atoms with Crippen LogP contribution in [0.3, 0.4) is 0 Å². The highest BCUT2D eigenvalue weighted by atomic mass is 32.2. The molecule has 0 radical (unpaired) electrons. The number of aryl methyl sites for hydroxylation is 1. The summed E-state index contributed by atoms with van der Waals surface area (Å²) in [5, 5.41) is 9.13. The van der Waals surface area contributed by atoms with Crippen molar-refractivity contribution in [3.8, 4) is 0 Å². The summed E-state index contributed by atoms with van der Waals surface area (Å²) in [7, 11) is -1.24. The summed E-state index contributed by atoms with van der Waals surface area (Å²) in [5.74, 6) is -0.649. The van der Waals surface area contributed by atoms with Gasteiger partial charge in [0.2, 0.25) is 0 Å². The van der Waals surface area contributed by atoms with Gasteiger partial charge in [-0.3, -0.25) is 0 Å². The first-order valence-corrected chi connectivity index (χ1v) is 8.45. The quantitative estimate of drug-likeness (QED) is 0.781. The fraction of sp³-hybridized carbons (Fsp3) is 0.278. The van der Waals surface area contributed by atoms with Crippen LogP contribution in [0.25, 0.3) is 0 Å². The van der Waals surface area contributed by atoms with E-state index >= 15 is 0 Å². The van der Waals surface area contributed by atoms with E-state index in [1.807, 2.05) is 6.92 Å². The van der Waals surface area contributed by atoms with E-state index in [0.717, 1.165) is 32.0 Å². The SMILES string of the molecule is Cc1cc2c(c(C(C)C)c1)S(=O)c1ccc(C(=O)O)cc1C2. The molecule has 22 heavy (non-hydrogen) atoms. The number of rotatable bonds is 2. The number of hydrogen-bond donors (Lipinski definition) is 1. The van der Waals surface area contributed by atoms with Gasteiger partial charge >= 0.3 is 5.97 Å². The second kappa shape index (κ2) is 5.36. The van der Waals surface area contributed by atoms with Gasteiger partial charge in [0.1, 0.15) is 0 Å². The molecule has 1 aliphatic rings. The molecule has 1 atom stereocenters. The molecule has 2 aromatic rings. The van der Waals surface area contributed by atoms with E-state index in [9.17, 15) is 9.00 Å². The highest BCUT2D eigenvalue weighted by Gasteiger charge is 2.26. The number of aromatic carboxylic acids is 1. The van der Waals surface area contributed by atoms with Crippen molar-refractivity contribution in [2.24, 2.45) is 0 Å². The van der Waals surface area contributed by atoms with Gasteiger partial charge in [-0.1, -0.05) is 31.5 Å². The van der Waals surface area contributed by atoms with Gasteiger partial charge in [-0.05, 0) is 54.2 Å². The molecule has 1 unspecified atom stereocenters. The fourth-order valence-electron chi connectivity index (χ4n) is 3.01. The molecule has 1 heterocycles. The van der Waals surface area contributed by atoms with Crippen molar-refractivity contribution in [1.29, 1.82) is 0 Å². The lowest BCUT2D eigenvalue weighted by Gasteiger charge is -2.24. The third-order valence-corrected chi connectivity index (χ3v) is 5.70. The van der Waals surface area contributed by atoms with Crippen molar-refractivity contribution in [3.63, 3.8) is 0 Å². The van der Waals surface area contributed by atoms with Gasteiger partial charge in [-0.25, -0.2) is 9.00 Å². The van der Waals surface area contributed by atoms with E-state index < -0.39 is 16.8 Å². The fourth-order valence-corrected chi connectivity index (χ4v) is 4.67. The lowest BCUT2D eigenvalue weighted by molar-refractivity contribution is 0.0696. The molecule has 0 fully saturated rings. The molecule has 0 spiro atoms. The minimum atomic E-state index is -1.24. The Morgan fingerprint density at radius 2 is 1.91 bits per heavy atom. The van der Waals surface area contributed by atoms with Crippen LogP contribution < -0.4 is 0 Å². The van der Waals surface area contributed by atoms with Gasteiger partial charge in [0.25, 0.3) is 0 Å². The summed E-state index contributed by atoms with van der Waals surface area (Å²) >= 11 is 0. The Bertz CT molecular complexity index is 806. The van der Waals surface area contributed by atoms with Crippen LogP contribution in [0.2, 0.25) is 0 Å². The zero-order valence-electron chi connectivity index (χ0n) is 12.8. The van der Waals surface area contributed by atoms with Crippen LogP contribution in [0.1, 0.15) is 52.4 Å². The molecule has 4 heteroatoms. The molecular formula is C18H18O3S. The maximum atomic E-state index is 13.0. The second-order valence-corrected chi connectivity index (χ2v) is 7.46. The predicted octanol–water partition coefficient (Wildman–Crippen LogP) is 3.89. The molecular weight excluding hydrogens is 296 g/mol. The Morgan fingerprint density at radius 3 is 2.55 bits per heavy atom. The van der Waals surface area contributed by atoms with E-state index in [1.165, 1.54) is 6.07 Å². The Labute approximate surface area is 132 Å². The molecule has 3 rings (SSSR count). The highest BCUT2D eigenvalue weighted by molar-refractivity contribution is 7.85. The lowest BCUT2D eigenvalue weighted by atomic mass is 9.94. The third kappa shape index (κ3) is 2.37. The Kier molecular flexibility index (Phi) is 3.65. The molecule has 114 valence electrons. The summed E-state index contributed by atoms with van der Waals surface area (Å²) in [6.07, 6.45) is 0.638. The standard InChI is InChI=1S/C18H18O3S/c1-10(2)15-7-11(3)6-14-9-13-8-12(18(19)20)4-5-16(13)22(21)17(14)15/h4-8,10H,9H2,1-3H3,(H,19,20). The average molecular weight is 314 g/mol. The van der Waals surface area contributed by atoms with E-state index in [2.05, 4.69) is 26.0 Å². The van der Waals surface area contributed by atoms with Crippen molar-refractivity contribution in [3.05, 3.63) is 58.1 Å². The average Bonchev–Trinajstić information content (AvgIpc) is 2.45. The maximum Gasteiger partial charge on any atom is 0.335 e.